The smallest absolute Gasteiger partial charge is 0.269 e. The fraction of sp³-hybridized carbons (Fsp3) is 0.364. The molecule has 0 aliphatic carbocycles. The Kier molecular flexibility index (Phi) is 3.72. The minimum atomic E-state index is -1.21. The van der Waals surface area contributed by atoms with Crippen molar-refractivity contribution in [2.75, 3.05) is 14.1 Å². The average Bonchev–Trinajstić information content (AvgIpc) is 2.27. The Morgan fingerprint density at radius 2 is 1.82 bits per heavy atom. The number of nitro groups is 1. The number of alkyl halides is 1. The summed E-state index contributed by atoms with van der Waals surface area (Å²) in [6.45, 7) is 1.57. The third-order valence-corrected chi connectivity index (χ3v) is 2.81. The van der Waals surface area contributed by atoms with Crippen LogP contribution in [0.1, 0.15) is 12.5 Å². The number of hydrogen-bond acceptors (Lipinski definition) is 3. The summed E-state index contributed by atoms with van der Waals surface area (Å²) in [4.78, 5) is 22.0. The molecule has 0 fully saturated rings. The van der Waals surface area contributed by atoms with Gasteiger partial charge in [-0.3, -0.25) is 14.9 Å². The van der Waals surface area contributed by atoms with E-state index in [-0.39, 0.29) is 11.6 Å². The Morgan fingerprint density at radius 1 is 1.35 bits per heavy atom. The number of benzene rings is 1. The van der Waals surface area contributed by atoms with E-state index in [2.05, 4.69) is 0 Å². The standard InChI is InChI=1S/C11H13ClN2O3/c1-11(12,10(15)13(2)3)8-4-6-9(7-5-8)14(16)17/h4-7H,1-3H3. The van der Waals surface area contributed by atoms with Crippen LogP contribution in [-0.4, -0.2) is 29.8 Å². The molecule has 1 atom stereocenters. The van der Waals surface area contributed by atoms with E-state index in [0.29, 0.717) is 5.56 Å². The zero-order chi connectivity index (χ0) is 13.2. The molecule has 0 bridgehead atoms. The molecule has 1 unspecified atom stereocenters. The fourth-order valence-electron chi connectivity index (χ4n) is 1.44. The molecule has 0 aliphatic heterocycles. The molecular formula is C11H13ClN2O3. The molecule has 92 valence electrons. The first-order valence-electron chi connectivity index (χ1n) is 4.92. The molecule has 1 aromatic carbocycles. The van der Waals surface area contributed by atoms with Gasteiger partial charge in [-0.25, -0.2) is 0 Å². The molecule has 17 heavy (non-hydrogen) atoms. The summed E-state index contributed by atoms with van der Waals surface area (Å²) >= 11 is 6.18. The summed E-state index contributed by atoms with van der Waals surface area (Å²) in [5, 5.41) is 10.5. The first kappa shape index (κ1) is 13.4. The molecule has 1 rings (SSSR count). The molecule has 0 radical (unpaired) electrons. The van der Waals surface area contributed by atoms with Gasteiger partial charge in [0.05, 0.1) is 4.92 Å². The monoisotopic (exact) mass is 256 g/mol. The number of hydrogen-bond donors (Lipinski definition) is 0. The van der Waals surface area contributed by atoms with E-state index in [1.54, 1.807) is 21.0 Å². The van der Waals surface area contributed by atoms with Crippen molar-refractivity contribution < 1.29 is 9.72 Å². The van der Waals surface area contributed by atoms with Crippen LogP contribution in [0.2, 0.25) is 0 Å². The summed E-state index contributed by atoms with van der Waals surface area (Å²) in [6, 6.07) is 5.65. The number of carbonyl (C=O) groups excluding carboxylic acids is 1. The van der Waals surface area contributed by atoms with Gasteiger partial charge in [0.25, 0.3) is 5.69 Å². The second-order valence-electron chi connectivity index (χ2n) is 4.01. The molecule has 0 N–H and O–H groups in total. The topological polar surface area (TPSA) is 63.5 Å². The van der Waals surface area contributed by atoms with E-state index in [1.165, 1.54) is 29.2 Å². The lowest BCUT2D eigenvalue weighted by Gasteiger charge is -2.25. The number of likely N-dealkylation sites (N-methyl/N-ethyl adjacent to an activating group) is 1. The number of amides is 1. The molecule has 5 nitrogen and oxygen atoms in total. The molecule has 6 heteroatoms. The van der Waals surface area contributed by atoms with Crippen LogP contribution in [0.3, 0.4) is 0 Å². The van der Waals surface area contributed by atoms with Gasteiger partial charge in [-0.1, -0.05) is 0 Å². The minimum Gasteiger partial charge on any atom is -0.347 e. The maximum atomic E-state index is 11.8. The van der Waals surface area contributed by atoms with Crippen LogP contribution in [0.5, 0.6) is 0 Å². The predicted octanol–water partition coefficient (Wildman–Crippen LogP) is 2.14. The van der Waals surface area contributed by atoms with E-state index in [0.717, 1.165) is 0 Å². The largest absolute Gasteiger partial charge is 0.347 e. The number of non-ortho nitro benzene ring substituents is 1. The summed E-state index contributed by atoms with van der Waals surface area (Å²) in [7, 11) is 3.21. The fourth-order valence-corrected chi connectivity index (χ4v) is 1.73. The second-order valence-corrected chi connectivity index (χ2v) is 4.76. The van der Waals surface area contributed by atoms with Crippen LogP contribution in [0.15, 0.2) is 24.3 Å². The summed E-state index contributed by atoms with van der Waals surface area (Å²) < 4.78 is 0. The quantitative estimate of drug-likeness (QED) is 0.473. The van der Waals surface area contributed by atoms with Crippen LogP contribution < -0.4 is 0 Å². The zero-order valence-electron chi connectivity index (χ0n) is 9.81. The van der Waals surface area contributed by atoms with Gasteiger partial charge in [-0.2, -0.15) is 0 Å². The van der Waals surface area contributed by atoms with E-state index < -0.39 is 9.80 Å². The summed E-state index contributed by atoms with van der Waals surface area (Å²) in [6.07, 6.45) is 0. The van der Waals surface area contributed by atoms with Crippen LogP contribution in [0.4, 0.5) is 5.69 Å². The van der Waals surface area contributed by atoms with Gasteiger partial charge in [0.1, 0.15) is 4.87 Å². The Morgan fingerprint density at radius 3 is 2.18 bits per heavy atom. The third kappa shape index (κ3) is 2.74. The second kappa shape index (κ2) is 4.71. The summed E-state index contributed by atoms with van der Waals surface area (Å²) in [5.41, 5.74) is 0.502. The van der Waals surface area contributed by atoms with E-state index >= 15 is 0 Å². The van der Waals surface area contributed by atoms with Crippen LogP contribution in [-0.2, 0) is 9.67 Å². The van der Waals surface area contributed by atoms with Gasteiger partial charge >= 0.3 is 0 Å². The van der Waals surface area contributed by atoms with Gasteiger partial charge in [0.2, 0.25) is 5.91 Å². The van der Waals surface area contributed by atoms with Gasteiger partial charge in [-0.15, -0.1) is 11.6 Å². The Bertz CT molecular complexity index is 441. The van der Waals surface area contributed by atoms with Crippen molar-refractivity contribution in [3.05, 3.63) is 39.9 Å². The van der Waals surface area contributed by atoms with Crippen LogP contribution in [0, 0.1) is 10.1 Å². The van der Waals surface area contributed by atoms with Crippen molar-refractivity contribution in [2.45, 2.75) is 11.8 Å². The van der Waals surface area contributed by atoms with Crippen molar-refractivity contribution in [3.63, 3.8) is 0 Å². The molecule has 0 heterocycles. The highest BCUT2D eigenvalue weighted by molar-refractivity contribution is 6.34. The summed E-state index contributed by atoms with van der Waals surface area (Å²) in [5.74, 6) is -0.270. The molecule has 1 aromatic rings. The lowest BCUT2D eigenvalue weighted by Crippen LogP contribution is -2.37. The highest BCUT2D eigenvalue weighted by atomic mass is 35.5. The SMILES string of the molecule is CN(C)C(=O)C(C)(Cl)c1ccc([N+](=O)[O-])cc1. The number of rotatable bonds is 3. The first-order valence-corrected chi connectivity index (χ1v) is 5.30. The molecule has 1 amide bonds. The van der Waals surface area contributed by atoms with Crippen molar-refractivity contribution >= 4 is 23.2 Å². The highest BCUT2D eigenvalue weighted by Crippen LogP contribution is 2.31. The lowest BCUT2D eigenvalue weighted by molar-refractivity contribution is -0.384. The third-order valence-electron chi connectivity index (χ3n) is 2.43. The number of nitrogens with zero attached hydrogens (tertiary/aromatic N) is 2. The maximum Gasteiger partial charge on any atom is 0.269 e. The predicted molar refractivity (Wildman–Crippen MR) is 65.0 cm³/mol. The van der Waals surface area contributed by atoms with Gasteiger partial charge < -0.3 is 4.90 Å². The van der Waals surface area contributed by atoms with E-state index in [1.807, 2.05) is 0 Å². The zero-order valence-corrected chi connectivity index (χ0v) is 10.6. The maximum absolute atomic E-state index is 11.8. The van der Waals surface area contributed by atoms with Gasteiger partial charge in [-0.05, 0) is 24.6 Å². The first-order chi connectivity index (χ1) is 7.76. The van der Waals surface area contributed by atoms with Crippen LogP contribution in [0.25, 0.3) is 0 Å². The van der Waals surface area contributed by atoms with Crippen molar-refractivity contribution in [3.8, 4) is 0 Å². The Hall–Kier alpha value is -1.62. The molecule has 0 saturated carbocycles. The Labute approximate surface area is 104 Å². The van der Waals surface area contributed by atoms with Crippen molar-refractivity contribution in [1.29, 1.82) is 0 Å². The molecule has 0 aromatic heterocycles. The number of nitro benzene ring substituents is 1. The highest BCUT2D eigenvalue weighted by Gasteiger charge is 2.34. The number of halogens is 1. The number of carbonyl (C=O) groups is 1. The molecule has 0 spiro atoms. The van der Waals surface area contributed by atoms with E-state index in [9.17, 15) is 14.9 Å². The minimum absolute atomic E-state index is 0.0291. The normalized spacial score (nSPS) is 13.9. The van der Waals surface area contributed by atoms with Crippen molar-refractivity contribution in [1.82, 2.24) is 4.90 Å². The lowest BCUT2D eigenvalue weighted by atomic mass is 9.98. The molecule has 0 aliphatic rings. The average molecular weight is 257 g/mol. The van der Waals surface area contributed by atoms with Gasteiger partial charge in [0, 0.05) is 26.2 Å². The molecular weight excluding hydrogens is 244 g/mol. The van der Waals surface area contributed by atoms with Gasteiger partial charge in [0.15, 0.2) is 0 Å². The van der Waals surface area contributed by atoms with Crippen LogP contribution >= 0.6 is 11.6 Å². The van der Waals surface area contributed by atoms with E-state index in [4.69, 9.17) is 11.6 Å². The molecule has 0 saturated heterocycles. The Balaban J connectivity index is 3.08. The van der Waals surface area contributed by atoms with Crippen molar-refractivity contribution in [2.24, 2.45) is 0 Å².